The maximum absolute atomic E-state index is 13.1. The van der Waals surface area contributed by atoms with E-state index in [9.17, 15) is 9.59 Å². The Morgan fingerprint density at radius 2 is 1.78 bits per heavy atom. The number of benzene rings is 1. The average Bonchev–Trinajstić information content (AvgIpc) is 3.16. The molecule has 1 aliphatic heterocycles. The first-order valence-corrected chi connectivity index (χ1v) is 10.7. The molecule has 142 valence electrons. The van der Waals surface area contributed by atoms with E-state index >= 15 is 0 Å². The Balaban J connectivity index is 1.55. The van der Waals surface area contributed by atoms with Crippen molar-refractivity contribution in [3.8, 4) is 10.4 Å². The number of hydrogen-bond donors (Lipinski definition) is 0. The van der Waals surface area contributed by atoms with Crippen LogP contribution in [0, 0.1) is 25.7 Å². The third-order valence-corrected chi connectivity index (χ3v) is 7.13. The number of ether oxygens (including phenoxy) is 1. The molecule has 2 atom stereocenters. The zero-order chi connectivity index (χ0) is 19.0. The topological polar surface area (TPSA) is 43.4 Å². The Bertz CT molecular complexity index is 843. The summed E-state index contributed by atoms with van der Waals surface area (Å²) in [5.74, 6) is 0.111. The molecule has 1 saturated heterocycles. The number of ketones is 2. The van der Waals surface area contributed by atoms with Gasteiger partial charge in [-0.1, -0.05) is 29.8 Å². The van der Waals surface area contributed by atoms with Gasteiger partial charge in [-0.25, -0.2) is 0 Å². The summed E-state index contributed by atoms with van der Waals surface area (Å²) >= 11 is 1.68. The van der Waals surface area contributed by atoms with E-state index < -0.39 is 5.92 Å². The van der Waals surface area contributed by atoms with Gasteiger partial charge in [0.1, 0.15) is 11.7 Å². The molecule has 2 aromatic rings. The van der Waals surface area contributed by atoms with Crippen LogP contribution in [0.3, 0.4) is 0 Å². The Kier molecular flexibility index (Phi) is 5.29. The Morgan fingerprint density at radius 3 is 2.48 bits per heavy atom. The fraction of sp³-hybridized carbons (Fsp3) is 0.478. The highest BCUT2D eigenvalue weighted by atomic mass is 32.1. The standard InChI is InChI=1S/C23H26O3S/c1-14-3-5-17(6-4-14)21-13-19(15(2)27-21)22-20(24)12-18(23(22)25)11-16-7-9-26-10-8-16/h3-6,13,16,18,22H,7-12H2,1-2H3. The van der Waals surface area contributed by atoms with Crippen molar-refractivity contribution in [2.24, 2.45) is 11.8 Å². The lowest BCUT2D eigenvalue weighted by Crippen LogP contribution is -2.21. The second-order valence-electron chi connectivity index (χ2n) is 7.98. The van der Waals surface area contributed by atoms with Crippen LogP contribution in [0.1, 0.15) is 47.6 Å². The number of hydrogen-bond acceptors (Lipinski definition) is 4. The lowest BCUT2D eigenvalue weighted by atomic mass is 9.86. The average molecular weight is 383 g/mol. The Morgan fingerprint density at radius 1 is 1.07 bits per heavy atom. The van der Waals surface area contributed by atoms with Crippen LogP contribution in [0.2, 0.25) is 0 Å². The highest BCUT2D eigenvalue weighted by molar-refractivity contribution is 7.15. The zero-order valence-electron chi connectivity index (χ0n) is 16.0. The monoisotopic (exact) mass is 382 g/mol. The van der Waals surface area contributed by atoms with Crippen LogP contribution in [0.15, 0.2) is 30.3 Å². The van der Waals surface area contributed by atoms with Crippen LogP contribution in [0.25, 0.3) is 10.4 Å². The predicted molar refractivity (Wildman–Crippen MR) is 108 cm³/mol. The van der Waals surface area contributed by atoms with E-state index in [0.717, 1.165) is 53.4 Å². The minimum Gasteiger partial charge on any atom is -0.381 e. The smallest absolute Gasteiger partial charge is 0.151 e. The Hall–Kier alpha value is -1.78. The normalized spacial score (nSPS) is 23.9. The van der Waals surface area contributed by atoms with Gasteiger partial charge in [-0.05, 0) is 56.2 Å². The van der Waals surface area contributed by atoms with Crippen LogP contribution >= 0.6 is 11.3 Å². The van der Waals surface area contributed by atoms with Gasteiger partial charge in [0.2, 0.25) is 0 Å². The van der Waals surface area contributed by atoms with Crippen molar-refractivity contribution in [1.29, 1.82) is 0 Å². The number of thiophene rings is 1. The number of rotatable bonds is 4. The van der Waals surface area contributed by atoms with Crippen LogP contribution < -0.4 is 0 Å². The molecule has 2 unspecified atom stereocenters. The van der Waals surface area contributed by atoms with Gasteiger partial charge in [0.05, 0.1) is 0 Å². The van der Waals surface area contributed by atoms with Gasteiger partial charge >= 0.3 is 0 Å². The quantitative estimate of drug-likeness (QED) is 0.692. The second-order valence-corrected chi connectivity index (χ2v) is 9.24. The fourth-order valence-electron chi connectivity index (χ4n) is 4.41. The molecule has 4 heteroatoms. The fourth-order valence-corrected chi connectivity index (χ4v) is 5.47. The maximum Gasteiger partial charge on any atom is 0.151 e. The molecule has 2 fully saturated rings. The first-order valence-electron chi connectivity index (χ1n) is 9.84. The molecule has 2 heterocycles. The molecule has 2 aliphatic rings. The second kappa shape index (κ2) is 7.69. The first kappa shape index (κ1) is 18.6. The molecule has 1 saturated carbocycles. The first-order chi connectivity index (χ1) is 13.0. The lowest BCUT2D eigenvalue weighted by Gasteiger charge is -2.23. The Labute approximate surface area is 164 Å². The van der Waals surface area contributed by atoms with E-state index in [2.05, 4.69) is 37.3 Å². The highest BCUT2D eigenvalue weighted by Gasteiger charge is 2.43. The zero-order valence-corrected chi connectivity index (χ0v) is 16.8. The summed E-state index contributed by atoms with van der Waals surface area (Å²) in [5, 5.41) is 0. The minimum absolute atomic E-state index is 0.104. The summed E-state index contributed by atoms with van der Waals surface area (Å²) in [4.78, 5) is 28.0. The summed E-state index contributed by atoms with van der Waals surface area (Å²) in [6, 6.07) is 10.5. The van der Waals surface area contributed by atoms with Gasteiger partial charge in [0.15, 0.2) is 5.78 Å². The molecule has 0 N–H and O–H groups in total. The van der Waals surface area contributed by atoms with Crippen molar-refractivity contribution in [1.82, 2.24) is 0 Å². The summed E-state index contributed by atoms with van der Waals surface area (Å²) in [6.45, 7) is 5.67. The third kappa shape index (κ3) is 3.78. The lowest BCUT2D eigenvalue weighted by molar-refractivity contribution is -0.125. The predicted octanol–water partition coefficient (Wildman–Crippen LogP) is 5.09. The van der Waals surface area contributed by atoms with Gasteiger partial charge in [0, 0.05) is 35.3 Å². The van der Waals surface area contributed by atoms with Gasteiger partial charge in [-0.15, -0.1) is 11.3 Å². The van der Waals surface area contributed by atoms with Crippen molar-refractivity contribution in [3.05, 3.63) is 46.3 Å². The van der Waals surface area contributed by atoms with Crippen molar-refractivity contribution < 1.29 is 14.3 Å². The van der Waals surface area contributed by atoms with E-state index in [4.69, 9.17) is 4.74 Å². The van der Waals surface area contributed by atoms with E-state index in [1.54, 1.807) is 11.3 Å². The molecule has 0 radical (unpaired) electrons. The van der Waals surface area contributed by atoms with Gasteiger partial charge < -0.3 is 4.74 Å². The van der Waals surface area contributed by atoms with Gasteiger partial charge in [0.25, 0.3) is 0 Å². The number of aryl methyl sites for hydroxylation is 2. The molecule has 0 spiro atoms. The van der Waals surface area contributed by atoms with Crippen LogP contribution in [-0.2, 0) is 14.3 Å². The molecule has 1 aromatic carbocycles. The highest BCUT2D eigenvalue weighted by Crippen LogP contribution is 2.42. The molecule has 0 bridgehead atoms. The van der Waals surface area contributed by atoms with E-state index in [-0.39, 0.29) is 17.5 Å². The van der Waals surface area contributed by atoms with E-state index in [1.165, 1.54) is 5.56 Å². The largest absolute Gasteiger partial charge is 0.381 e. The number of carbonyl (C=O) groups is 2. The molecule has 0 amide bonds. The summed E-state index contributed by atoms with van der Waals surface area (Å²) in [5.41, 5.74) is 3.31. The van der Waals surface area contributed by atoms with Gasteiger partial charge in [-0.3, -0.25) is 9.59 Å². The van der Waals surface area contributed by atoms with E-state index in [1.807, 2.05) is 6.92 Å². The van der Waals surface area contributed by atoms with Crippen LogP contribution in [-0.4, -0.2) is 24.8 Å². The molecular formula is C23H26O3S. The summed E-state index contributed by atoms with van der Waals surface area (Å²) in [6.07, 6.45) is 3.28. The number of Topliss-reactive ketones (excluding diaryl/α,β-unsaturated/α-hetero) is 2. The van der Waals surface area contributed by atoms with Crippen LogP contribution in [0.5, 0.6) is 0 Å². The molecule has 1 aromatic heterocycles. The molecule has 1 aliphatic carbocycles. The molecule has 3 nitrogen and oxygen atoms in total. The number of carbonyl (C=O) groups excluding carboxylic acids is 2. The maximum atomic E-state index is 13.1. The van der Waals surface area contributed by atoms with Crippen molar-refractivity contribution in [3.63, 3.8) is 0 Å². The van der Waals surface area contributed by atoms with Crippen molar-refractivity contribution in [2.75, 3.05) is 13.2 Å². The van der Waals surface area contributed by atoms with Crippen molar-refractivity contribution in [2.45, 2.75) is 45.4 Å². The van der Waals surface area contributed by atoms with Gasteiger partial charge in [-0.2, -0.15) is 0 Å². The van der Waals surface area contributed by atoms with E-state index in [0.29, 0.717) is 12.3 Å². The minimum atomic E-state index is -0.551. The summed E-state index contributed by atoms with van der Waals surface area (Å²) in [7, 11) is 0. The van der Waals surface area contributed by atoms with Crippen LogP contribution in [0.4, 0.5) is 0 Å². The molecular weight excluding hydrogens is 356 g/mol. The SMILES string of the molecule is Cc1ccc(-c2cc(C3C(=O)CC(CC4CCOCC4)C3=O)c(C)s2)cc1. The summed E-state index contributed by atoms with van der Waals surface area (Å²) < 4.78 is 5.42. The molecule has 4 rings (SSSR count). The van der Waals surface area contributed by atoms with Crippen molar-refractivity contribution >= 4 is 22.9 Å². The third-order valence-electron chi connectivity index (χ3n) is 6.02. The molecule has 27 heavy (non-hydrogen) atoms.